The molecule has 166 valence electrons. The number of hydrogen-bond donors (Lipinski definition) is 0. The minimum Gasteiger partial charge on any atom is -0.497 e. The fraction of sp³-hybridized carbons (Fsp3) is 0.154. The first-order valence-electron chi connectivity index (χ1n) is 10.5. The number of nitrogens with zero attached hydrogens (tertiary/aromatic N) is 3. The molecule has 2 aliphatic heterocycles. The first kappa shape index (κ1) is 21.7. The number of aliphatic imine (C=N–C) groups is 1. The molecule has 2 aliphatic rings. The number of methoxy groups -OCH3 is 1. The van der Waals surface area contributed by atoms with Gasteiger partial charge in [0.25, 0.3) is 5.91 Å². The molecule has 7 heteroatoms. The Balaban J connectivity index is 1.61. The van der Waals surface area contributed by atoms with Crippen LogP contribution in [0.2, 0.25) is 0 Å². The lowest BCUT2D eigenvalue weighted by Crippen LogP contribution is -2.29. The topological polar surface area (TPSA) is 45.1 Å². The molecule has 0 N–H and O–H groups in total. The molecule has 1 amide bonds. The molecule has 0 atom stereocenters. The number of hydrogen-bond acceptors (Lipinski definition) is 6. The number of aryl methyl sites for hydroxylation is 2. The van der Waals surface area contributed by atoms with Gasteiger partial charge in [0, 0.05) is 18.0 Å². The van der Waals surface area contributed by atoms with E-state index in [-0.39, 0.29) is 5.91 Å². The van der Waals surface area contributed by atoms with Crippen LogP contribution in [0.3, 0.4) is 0 Å². The van der Waals surface area contributed by atoms with Crippen LogP contribution in [0.25, 0.3) is 0 Å². The van der Waals surface area contributed by atoms with Crippen LogP contribution in [0.15, 0.2) is 86.6 Å². The molecule has 5 rings (SSSR count). The molecule has 33 heavy (non-hydrogen) atoms. The maximum atomic E-state index is 13.8. The normalized spacial score (nSPS) is 18.9. The van der Waals surface area contributed by atoms with E-state index < -0.39 is 0 Å². The lowest BCUT2D eigenvalue weighted by Gasteiger charge is -2.17. The van der Waals surface area contributed by atoms with E-state index in [9.17, 15) is 4.79 Å². The van der Waals surface area contributed by atoms with Crippen molar-refractivity contribution in [3.63, 3.8) is 0 Å². The average Bonchev–Trinajstić information content (AvgIpc) is 3.32. The summed E-state index contributed by atoms with van der Waals surface area (Å²) in [6.07, 6.45) is 0. The van der Waals surface area contributed by atoms with Crippen LogP contribution in [0.5, 0.6) is 5.75 Å². The second kappa shape index (κ2) is 8.65. The van der Waals surface area contributed by atoms with Gasteiger partial charge in [0.1, 0.15) is 10.7 Å². The number of amidine groups is 1. The average molecular weight is 474 g/mol. The highest BCUT2D eigenvalue weighted by Gasteiger charge is 2.40. The van der Waals surface area contributed by atoms with Crippen LogP contribution in [-0.4, -0.2) is 25.2 Å². The van der Waals surface area contributed by atoms with Crippen molar-refractivity contribution in [3.8, 4) is 5.75 Å². The van der Waals surface area contributed by atoms with Gasteiger partial charge in [-0.2, -0.15) is 0 Å². The van der Waals surface area contributed by atoms with Gasteiger partial charge in [-0.3, -0.25) is 9.69 Å². The SMILES string of the molecule is COc1ccc2c(c1)N(C)/C(=C1/SC(=Nc3ccccc3C)N(c3ccc(C)cc3)C1=O)S2. The van der Waals surface area contributed by atoms with Crippen LogP contribution in [0.1, 0.15) is 11.1 Å². The highest BCUT2D eigenvalue weighted by Crippen LogP contribution is 2.51. The van der Waals surface area contributed by atoms with Crippen molar-refractivity contribution >= 4 is 51.7 Å². The Morgan fingerprint density at radius 1 is 0.939 bits per heavy atom. The lowest BCUT2D eigenvalue weighted by molar-refractivity contribution is -0.113. The van der Waals surface area contributed by atoms with Crippen molar-refractivity contribution in [3.05, 3.63) is 87.8 Å². The van der Waals surface area contributed by atoms with Crippen molar-refractivity contribution in [1.82, 2.24) is 0 Å². The molecule has 2 heterocycles. The van der Waals surface area contributed by atoms with Crippen molar-refractivity contribution in [2.45, 2.75) is 18.7 Å². The summed E-state index contributed by atoms with van der Waals surface area (Å²) in [4.78, 5) is 24.2. The highest BCUT2D eigenvalue weighted by atomic mass is 32.2. The molecule has 0 spiro atoms. The lowest BCUT2D eigenvalue weighted by atomic mass is 10.2. The first-order valence-corrected chi connectivity index (χ1v) is 12.2. The second-order valence-corrected chi connectivity index (χ2v) is 9.90. The molecule has 0 aromatic heterocycles. The monoisotopic (exact) mass is 473 g/mol. The predicted octanol–water partition coefficient (Wildman–Crippen LogP) is 6.49. The van der Waals surface area contributed by atoms with Gasteiger partial charge in [-0.05, 0) is 61.5 Å². The van der Waals surface area contributed by atoms with E-state index in [1.54, 1.807) is 23.8 Å². The van der Waals surface area contributed by atoms with E-state index in [1.807, 2.05) is 87.6 Å². The number of anilines is 2. The Hall–Kier alpha value is -3.16. The molecule has 0 saturated carbocycles. The van der Waals surface area contributed by atoms with Crippen LogP contribution in [-0.2, 0) is 4.79 Å². The minimum atomic E-state index is -0.0645. The smallest absolute Gasteiger partial charge is 0.274 e. The van der Waals surface area contributed by atoms with Crippen LogP contribution in [0.4, 0.5) is 17.1 Å². The van der Waals surface area contributed by atoms with E-state index in [2.05, 4.69) is 4.90 Å². The standard InChI is InChI=1S/C26H23N3O2S2/c1-16-9-11-18(12-10-16)29-24(30)23(33-26(29)27-20-8-6-5-7-17(20)2)25-28(3)21-15-19(31-4)13-14-22(21)32-25/h5-15H,1-4H3/b25-23-,27-26?. The van der Waals surface area contributed by atoms with Crippen molar-refractivity contribution in [1.29, 1.82) is 0 Å². The molecule has 5 nitrogen and oxygen atoms in total. The molecular weight excluding hydrogens is 450 g/mol. The maximum Gasteiger partial charge on any atom is 0.274 e. The number of carbonyl (C=O) groups is 1. The van der Waals surface area contributed by atoms with Crippen molar-refractivity contribution in [2.75, 3.05) is 24.0 Å². The Kier molecular flexibility index (Phi) is 5.68. The molecule has 0 bridgehead atoms. The van der Waals surface area contributed by atoms with Gasteiger partial charge in [0.2, 0.25) is 0 Å². The van der Waals surface area contributed by atoms with Gasteiger partial charge in [0.15, 0.2) is 5.17 Å². The summed E-state index contributed by atoms with van der Waals surface area (Å²) in [5.41, 5.74) is 4.91. The Labute approximate surface area is 202 Å². The van der Waals surface area contributed by atoms with Crippen molar-refractivity contribution in [2.24, 2.45) is 4.99 Å². The molecular formula is C26H23N3O2S2. The molecule has 3 aromatic carbocycles. The number of fused-ring (bicyclic) bond motifs is 1. The summed E-state index contributed by atoms with van der Waals surface area (Å²) < 4.78 is 5.40. The zero-order chi connectivity index (χ0) is 23.1. The second-order valence-electron chi connectivity index (χ2n) is 7.89. The Bertz CT molecular complexity index is 1320. The maximum absolute atomic E-state index is 13.8. The van der Waals surface area contributed by atoms with Gasteiger partial charge in [0.05, 0.1) is 29.2 Å². The fourth-order valence-corrected chi connectivity index (χ4v) is 6.06. The van der Waals surface area contributed by atoms with Crippen LogP contribution >= 0.6 is 23.5 Å². The molecule has 1 saturated heterocycles. The summed E-state index contributed by atoms with van der Waals surface area (Å²) in [5, 5.41) is 1.56. The van der Waals surface area contributed by atoms with Crippen LogP contribution in [0, 0.1) is 13.8 Å². The number of ether oxygens (including phenoxy) is 1. The zero-order valence-corrected chi connectivity index (χ0v) is 20.5. The third-order valence-electron chi connectivity index (χ3n) is 5.64. The molecule has 0 aliphatic carbocycles. The van der Waals surface area contributed by atoms with Gasteiger partial charge in [-0.1, -0.05) is 47.7 Å². The number of carbonyl (C=O) groups excluding carboxylic acids is 1. The summed E-state index contributed by atoms with van der Waals surface area (Å²) >= 11 is 3.03. The fourth-order valence-electron chi connectivity index (χ4n) is 3.74. The number of thioether (sulfide) groups is 2. The van der Waals surface area contributed by atoms with Gasteiger partial charge >= 0.3 is 0 Å². The quantitative estimate of drug-likeness (QED) is 0.407. The largest absolute Gasteiger partial charge is 0.497 e. The number of para-hydroxylation sites is 1. The minimum absolute atomic E-state index is 0.0645. The Morgan fingerprint density at radius 3 is 2.42 bits per heavy atom. The highest BCUT2D eigenvalue weighted by molar-refractivity contribution is 8.20. The summed E-state index contributed by atoms with van der Waals surface area (Å²) in [5.74, 6) is 0.728. The van der Waals surface area contributed by atoms with Gasteiger partial charge in [-0.15, -0.1) is 0 Å². The van der Waals surface area contributed by atoms with E-state index in [0.29, 0.717) is 10.1 Å². The summed E-state index contributed by atoms with van der Waals surface area (Å²) in [6.45, 7) is 4.07. The predicted molar refractivity (Wildman–Crippen MR) is 139 cm³/mol. The summed E-state index contributed by atoms with van der Waals surface area (Å²) in [7, 11) is 3.65. The van der Waals surface area contributed by atoms with Crippen LogP contribution < -0.4 is 14.5 Å². The number of benzene rings is 3. The number of amides is 1. The molecule has 0 unspecified atom stereocenters. The van der Waals surface area contributed by atoms with Crippen molar-refractivity contribution < 1.29 is 9.53 Å². The van der Waals surface area contributed by atoms with E-state index in [0.717, 1.165) is 43.9 Å². The van der Waals surface area contributed by atoms with Gasteiger partial charge < -0.3 is 9.64 Å². The van der Waals surface area contributed by atoms with E-state index in [4.69, 9.17) is 9.73 Å². The van der Waals surface area contributed by atoms with E-state index in [1.165, 1.54) is 11.8 Å². The number of rotatable bonds is 3. The summed E-state index contributed by atoms with van der Waals surface area (Å²) in [6, 6.07) is 21.9. The van der Waals surface area contributed by atoms with Gasteiger partial charge in [-0.25, -0.2) is 4.99 Å². The Morgan fingerprint density at radius 2 is 1.70 bits per heavy atom. The third-order valence-corrected chi connectivity index (χ3v) is 8.03. The zero-order valence-electron chi connectivity index (χ0n) is 18.8. The molecule has 1 fully saturated rings. The first-order chi connectivity index (χ1) is 16.0. The third kappa shape index (κ3) is 3.92. The molecule has 3 aromatic rings. The van der Waals surface area contributed by atoms with E-state index >= 15 is 0 Å². The molecule has 0 radical (unpaired) electrons.